The van der Waals surface area contributed by atoms with E-state index in [9.17, 15) is 4.79 Å². The highest BCUT2D eigenvalue weighted by Crippen LogP contribution is 2.15. The van der Waals surface area contributed by atoms with Crippen LogP contribution >= 0.6 is 11.6 Å². The second kappa shape index (κ2) is 5.28. The van der Waals surface area contributed by atoms with Crippen LogP contribution in [0.1, 0.15) is 30.8 Å². The molecule has 0 saturated carbocycles. The van der Waals surface area contributed by atoms with Crippen molar-refractivity contribution in [1.82, 2.24) is 15.1 Å². The van der Waals surface area contributed by atoms with E-state index in [2.05, 4.69) is 10.4 Å². The van der Waals surface area contributed by atoms with Crippen LogP contribution in [0.5, 0.6) is 0 Å². The van der Waals surface area contributed by atoms with Crippen molar-refractivity contribution in [3.63, 3.8) is 0 Å². The van der Waals surface area contributed by atoms with Gasteiger partial charge in [-0.1, -0.05) is 25.4 Å². The van der Waals surface area contributed by atoms with E-state index >= 15 is 0 Å². The van der Waals surface area contributed by atoms with Gasteiger partial charge in [-0.05, 0) is 0 Å². The number of nitrogens with one attached hydrogen (secondary N) is 1. The Morgan fingerprint density at radius 3 is 2.80 bits per heavy atom. The Labute approximate surface area is 94.6 Å². The van der Waals surface area contributed by atoms with Crippen molar-refractivity contribution in [2.24, 2.45) is 7.05 Å². The zero-order chi connectivity index (χ0) is 11.4. The van der Waals surface area contributed by atoms with Crippen molar-refractivity contribution < 1.29 is 4.79 Å². The van der Waals surface area contributed by atoms with Gasteiger partial charge in [0.05, 0.1) is 11.2 Å². The molecular formula is C10H16ClN3O. The van der Waals surface area contributed by atoms with Gasteiger partial charge in [0.25, 0.3) is 0 Å². The summed E-state index contributed by atoms with van der Waals surface area (Å²) in [5, 5.41) is 7.53. The number of carbonyl (C=O) groups is 1. The van der Waals surface area contributed by atoms with E-state index in [4.69, 9.17) is 11.6 Å². The van der Waals surface area contributed by atoms with Crippen LogP contribution in [0.25, 0.3) is 0 Å². The number of nitrogens with zero attached hydrogens (tertiary/aromatic N) is 2. The molecule has 0 atom stereocenters. The number of halogens is 1. The van der Waals surface area contributed by atoms with Gasteiger partial charge in [0.2, 0.25) is 0 Å². The number of rotatable bonds is 5. The largest absolute Gasteiger partial charge is 0.314 e. The average Bonchev–Trinajstić information content (AvgIpc) is 2.45. The fraction of sp³-hybridized carbons (Fsp3) is 0.600. The van der Waals surface area contributed by atoms with Crippen LogP contribution < -0.4 is 5.32 Å². The van der Waals surface area contributed by atoms with E-state index in [0.29, 0.717) is 29.7 Å². The second-order valence-electron chi connectivity index (χ2n) is 3.75. The van der Waals surface area contributed by atoms with Crippen LogP contribution in [0.3, 0.4) is 0 Å². The third-order valence-electron chi connectivity index (χ3n) is 2.06. The van der Waals surface area contributed by atoms with E-state index in [0.717, 1.165) is 0 Å². The summed E-state index contributed by atoms with van der Waals surface area (Å²) in [6.07, 6.45) is 1.93. The predicted molar refractivity (Wildman–Crippen MR) is 60.3 cm³/mol. The van der Waals surface area contributed by atoms with E-state index in [1.54, 1.807) is 7.05 Å². The smallest absolute Gasteiger partial charge is 0.183 e. The quantitative estimate of drug-likeness (QED) is 0.781. The van der Waals surface area contributed by atoms with Gasteiger partial charge in [-0.3, -0.25) is 9.48 Å². The zero-order valence-corrected chi connectivity index (χ0v) is 10.0. The molecule has 4 nitrogen and oxygen atoms in total. The average molecular weight is 230 g/mol. The number of hydrogen-bond donors (Lipinski definition) is 1. The van der Waals surface area contributed by atoms with Crippen molar-refractivity contribution in [2.75, 3.05) is 6.54 Å². The molecule has 1 heterocycles. The number of carbonyl (C=O) groups excluding carboxylic acids is 1. The summed E-state index contributed by atoms with van der Waals surface area (Å²) in [4.78, 5) is 11.7. The molecule has 1 N–H and O–H groups in total. The first-order valence-electron chi connectivity index (χ1n) is 4.96. The van der Waals surface area contributed by atoms with Crippen molar-refractivity contribution in [2.45, 2.75) is 26.3 Å². The summed E-state index contributed by atoms with van der Waals surface area (Å²) in [5.74, 6) is 0.0214. The predicted octanol–water partition coefficient (Wildman–Crippen LogP) is 1.64. The standard InChI is InChI=1S/C10H16ClN3O/c1-7(2)12-5-4-9(15)10-8(11)6-13-14(10)3/h6-7,12H,4-5H2,1-3H3. The highest BCUT2D eigenvalue weighted by molar-refractivity contribution is 6.33. The van der Waals surface area contributed by atoms with Crippen LogP contribution in [0, 0.1) is 0 Å². The minimum absolute atomic E-state index is 0.0214. The fourth-order valence-corrected chi connectivity index (χ4v) is 1.59. The molecule has 0 fully saturated rings. The van der Waals surface area contributed by atoms with Gasteiger partial charge in [0, 0.05) is 26.1 Å². The normalized spacial score (nSPS) is 11.0. The van der Waals surface area contributed by atoms with Crippen molar-refractivity contribution in [3.8, 4) is 0 Å². The molecule has 0 unspecified atom stereocenters. The van der Waals surface area contributed by atoms with E-state index in [1.165, 1.54) is 10.9 Å². The van der Waals surface area contributed by atoms with Gasteiger partial charge in [-0.25, -0.2) is 0 Å². The topological polar surface area (TPSA) is 46.9 Å². The zero-order valence-electron chi connectivity index (χ0n) is 9.25. The summed E-state index contributed by atoms with van der Waals surface area (Å²) in [7, 11) is 1.72. The number of aromatic nitrogens is 2. The highest BCUT2D eigenvalue weighted by atomic mass is 35.5. The summed E-state index contributed by atoms with van der Waals surface area (Å²) in [5.41, 5.74) is 0.488. The minimum Gasteiger partial charge on any atom is -0.314 e. The van der Waals surface area contributed by atoms with E-state index in [-0.39, 0.29) is 5.78 Å². The van der Waals surface area contributed by atoms with Crippen molar-refractivity contribution in [1.29, 1.82) is 0 Å². The maximum absolute atomic E-state index is 11.7. The second-order valence-corrected chi connectivity index (χ2v) is 4.15. The maximum Gasteiger partial charge on any atom is 0.183 e. The maximum atomic E-state index is 11.7. The van der Waals surface area contributed by atoms with Crippen LogP contribution in [-0.2, 0) is 7.05 Å². The molecule has 0 bridgehead atoms. The van der Waals surface area contributed by atoms with Gasteiger partial charge in [0.15, 0.2) is 5.78 Å². The first kappa shape index (κ1) is 12.2. The first-order valence-corrected chi connectivity index (χ1v) is 5.34. The molecule has 0 aliphatic carbocycles. The molecule has 1 rings (SSSR count). The highest BCUT2D eigenvalue weighted by Gasteiger charge is 2.14. The van der Waals surface area contributed by atoms with Gasteiger partial charge in [-0.15, -0.1) is 0 Å². The van der Waals surface area contributed by atoms with Crippen molar-refractivity contribution >= 4 is 17.4 Å². The molecule has 0 aliphatic heterocycles. The number of aryl methyl sites for hydroxylation is 1. The molecule has 0 amide bonds. The molecule has 84 valence electrons. The lowest BCUT2D eigenvalue weighted by atomic mass is 10.2. The third kappa shape index (κ3) is 3.32. The van der Waals surface area contributed by atoms with Gasteiger partial charge >= 0.3 is 0 Å². The van der Waals surface area contributed by atoms with E-state index < -0.39 is 0 Å². The van der Waals surface area contributed by atoms with Crippen LogP contribution in [0.2, 0.25) is 5.02 Å². The Hall–Kier alpha value is -0.870. The molecule has 1 aromatic heterocycles. The lowest BCUT2D eigenvalue weighted by Gasteiger charge is -2.07. The van der Waals surface area contributed by atoms with Crippen molar-refractivity contribution in [3.05, 3.63) is 16.9 Å². The Balaban J connectivity index is 2.54. The number of hydrogen-bond acceptors (Lipinski definition) is 3. The number of ketones is 1. The monoisotopic (exact) mass is 229 g/mol. The Bertz CT molecular complexity index is 327. The molecule has 5 heteroatoms. The molecular weight excluding hydrogens is 214 g/mol. The lowest BCUT2D eigenvalue weighted by Crippen LogP contribution is -2.25. The van der Waals surface area contributed by atoms with Gasteiger partial charge in [-0.2, -0.15) is 5.10 Å². The molecule has 0 aliphatic rings. The minimum atomic E-state index is 0.0214. The molecule has 0 spiro atoms. The lowest BCUT2D eigenvalue weighted by molar-refractivity contribution is 0.0973. The Morgan fingerprint density at radius 1 is 1.67 bits per heavy atom. The summed E-state index contributed by atoms with van der Waals surface area (Å²) < 4.78 is 1.51. The summed E-state index contributed by atoms with van der Waals surface area (Å²) in [6.45, 7) is 4.75. The Morgan fingerprint density at radius 2 is 2.33 bits per heavy atom. The van der Waals surface area contributed by atoms with Gasteiger partial charge < -0.3 is 5.32 Å². The molecule has 0 aromatic carbocycles. The van der Waals surface area contributed by atoms with Crippen LogP contribution in [0.4, 0.5) is 0 Å². The molecule has 0 saturated heterocycles. The SMILES string of the molecule is CC(C)NCCC(=O)c1c(Cl)cnn1C. The summed E-state index contributed by atoms with van der Waals surface area (Å²) in [6, 6.07) is 0.389. The fourth-order valence-electron chi connectivity index (χ4n) is 1.32. The van der Waals surface area contributed by atoms with Crippen LogP contribution in [0.15, 0.2) is 6.20 Å². The first-order chi connectivity index (χ1) is 7.02. The molecule has 15 heavy (non-hydrogen) atoms. The Kier molecular flexibility index (Phi) is 4.29. The number of Topliss-reactive ketones (excluding diaryl/α,β-unsaturated/α-hetero) is 1. The van der Waals surface area contributed by atoms with Gasteiger partial charge in [0.1, 0.15) is 5.69 Å². The van der Waals surface area contributed by atoms with Crippen LogP contribution in [-0.4, -0.2) is 28.2 Å². The summed E-state index contributed by atoms with van der Waals surface area (Å²) >= 11 is 5.86. The molecule has 0 radical (unpaired) electrons. The third-order valence-corrected chi connectivity index (χ3v) is 2.34. The van der Waals surface area contributed by atoms with E-state index in [1.807, 2.05) is 13.8 Å². The molecule has 1 aromatic rings.